The summed E-state index contributed by atoms with van der Waals surface area (Å²) in [5, 5.41) is 7.69. The molecule has 0 amide bonds. The lowest BCUT2D eigenvalue weighted by Crippen LogP contribution is -2.26. The summed E-state index contributed by atoms with van der Waals surface area (Å²) < 4.78 is 18.5. The quantitative estimate of drug-likeness (QED) is 0.809. The molecular formula is C13H23N3O3. The Morgan fingerprint density at radius 3 is 2.84 bits per heavy atom. The Bertz CT molecular complexity index is 388. The number of methoxy groups -OCH3 is 1. The largest absolute Gasteiger partial charge is 0.493 e. The zero-order chi connectivity index (χ0) is 13.7. The van der Waals surface area contributed by atoms with Crippen molar-refractivity contribution in [1.29, 1.82) is 0 Å². The molecule has 1 aromatic rings. The highest BCUT2D eigenvalue weighted by Crippen LogP contribution is 2.29. The highest BCUT2D eigenvalue weighted by molar-refractivity contribution is 5.28. The molecule has 0 aromatic carbocycles. The SMILES string of the molecule is CCCn1ncc(OC)c1C(CC1OCCO1)NC. The molecule has 0 bridgehead atoms. The van der Waals surface area contributed by atoms with Gasteiger partial charge in [-0.25, -0.2) is 0 Å². The highest BCUT2D eigenvalue weighted by atomic mass is 16.7. The van der Waals surface area contributed by atoms with E-state index in [1.807, 2.05) is 11.7 Å². The van der Waals surface area contributed by atoms with Gasteiger partial charge in [-0.1, -0.05) is 6.92 Å². The summed E-state index contributed by atoms with van der Waals surface area (Å²) in [7, 11) is 3.61. The normalized spacial score (nSPS) is 17.8. The molecule has 1 aromatic heterocycles. The topological polar surface area (TPSA) is 57.5 Å². The summed E-state index contributed by atoms with van der Waals surface area (Å²) in [6, 6.07) is 0.104. The van der Waals surface area contributed by atoms with Crippen LogP contribution in [-0.2, 0) is 16.0 Å². The first-order valence-electron chi connectivity index (χ1n) is 6.80. The molecule has 1 aliphatic heterocycles. The smallest absolute Gasteiger partial charge is 0.161 e. The average Bonchev–Trinajstić information content (AvgIpc) is 3.05. The second kappa shape index (κ2) is 6.88. The minimum Gasteiger partial charge on any atom is -0.493 e. The summed E-state index contributed by atoms with van der Waals surface area (Å²) in [4.78, 5) is 0. The molecule has 2 heterocycles. The van der Waals surface area contributed by atoms with Gasteiger partial charge in [0.25, 0.3) is 0 Å². The van der Waals surface area contributed by atoms with Crippen LogP contribution in [0.5, 0.6) is 5.75 Å². The molecule has 0 aliphatic carbocycles. The predicted molar refractivity (Wildman–Crippen MR) is 71.2 cm³/mol. The summed E-state index contributed by atoms with van der Waals surface area (Å²) >= 11 is 0. The van der Waals surface area contributed by atoms with Crippen molar-refractivity contribution in [3.63, 3.8) is 0 Å². The lowest BCUT2D eigenvalue weighted by molar-refractivity contribution is -0.0531. The fraction of sp³-hybridized carbons (Fsp3) is 0.769. The summed E-state index contributed by atoms with van der Waals surface area (Å²) in [6.45, 7) is 4.36. The molecule has 19 heavy (non-hydrogen) atoms. The molecule has 0 saturated carbocycles. The molecule has 0 spiro atoms. The van der Waals surface area contributed by atoms with Gasteiger partial charge >= 0.3 is 0 Å². The zero-order valence-corrected chi connectivity index (χ0v) is 11.9. The van der Waals surface area contributed by atoms with E-state index in [1.54, 1.807) is 13.3 Å². The monoisotopic (exact) mass is 269 g/mol. The van der Waals surface area contributed by atoms with Crippen LogP contribution >= 0.6 is 0 Å². The van der Waals surface area contributed by atoms with Gasteiger partial charge in [-0.3, -0.25) is 4.68 Å². The Morgan fingerprint density at radius 1 is 1.53 bits per heavy atom. The molecule has 108 valence electrons. The van der Waals surface area contributed by atoms with Crippen molar-refractivity contribution in [1.82, 2.24) is 15.1 Å². The number of ether oxygens (including phenoxy) is 3. The lowest BCUT2D eigenvalue weighted by atomic mass is 10.1. The first-order valence-corrected chi connectivity index (χ1v) is 6.80. The first kappa shape index (κ1) is 14.3. The molecule has 1 saturated heterocycles. The Kier molecular flexibility index (Phi) is 5.18. The van der Waals surface area contributed by atoms with Gasteiger partial charge in [-0.2, -0.15) is 5.10 Å². The van der Waals surface area contributed by atoms with Gasteiger partial charge in [-0.15, -0.1) is 0 Å². The molecule has 0 radical (unpaired) electrons. The van der Waals surface area contributed by atoms with E-state index in [0.29, 0.717) is 13.2 Å². The van der Waals surface area contributed by atoms with E-state index in [2.05, 4.69) is 17.3 Å². The van der Waals surface area contributed by atoms with Gasteiger partial charge in [0.2, 0.25) is 0 Å². The third-order valence-electron chi connectivity index (χ3n) is 3.30. The molecule has 1 N–H and O–H groups in total. The van der Waals surface area contributed by atoms with Gasteiger partial charge in [-0.05, 0) is 13.5 Å². The van der Waals surface area contributed by atoms with Gasteiger partial charge in [0.15, 0.2) is 12.0 Å². The van der Waals surface area contributed by atoms with E-state index in [9.17, 15) is 0 Å². The van der Waals surface area contributed by atoms with Gasteiger partial charge < -0.3 is 19.5 Å². The number of rotatable bonds is 7. The molecule has 1 fully saturated rings. The van der Waals surface area contributed by atoms with Crippen molar-refractivity contribution < 1.29 is 14.2 Å². The Labute approximate surface area is 114 Å². The van der Waals surface area contributed by atoms with Gasteiger partial charge in [0.05, 0.1) is 38.3 Å². The third-order valence-corrected chi connectivity index (χ3v) is 3.30. The van der Waals surface area contributed by atoms with Crippen molar-refractivity contribution in [3.05, 3.63) is 11.9 Å². The molecule has 1 aliphatic rings. The molecule has 6 heteroatoms. The van der Waals surface area contributed by atoms with Crippen molar-refractivity contribution in [3.8, 4) is 5.75 Å². The zero-order valence-electron chi connectivity index (χ0n) is 11.9. The van der Waals surface area contributed by atoms with Crippen LogP contribution in [0.2, 0.25) is 0 Å². The standard InChI is InChI=1S/C13H23N3O3/c1-4-5-16-13(11(17-3)9-15-16)10(14-2)8-12-18-6-7-19-12/h9-10,12,14H,4-8H2,1-3H3. The fourth-order valence-electron chi connectivity index (χ4n) is 2.38. The molecular weight excluding hydrogens is 246 g/mol. The predicted octanol–water partition coefficient (Wildman–Crippen LogP) is 1.33. The lowest BCUT2D eigenvalue weighted by Gasteiger charge is -2.21. The molecule has 2 rings (SSSR count). The van der Waals surface area contributed by atoms with Crippen LogP contribution in [0.15, 0.2) is 6.20 Å². The average molecular weight is 269 g/mol. The molecule has 1 atom stereocenters. The second-order valence-corrected chi connectivity index (χ2v) is 4.57. The number of aromatic nitrogens is 2. The maximum atomic E-state index is 5.52. The minimum absolute atomic E-state index is 0.104. The van der Waals surface area contributed by atoms with Crippen LogP contribution in [0.1, 0.15) is 31.5 Å². The van der Waals surface area contributed by atoms with Gasteiger partial charge in [0.1, 0.15) is 0 Å². The molecule has 6 nitrogen and oxygen atoms in total. The van der Waals surface area contributed by atoms with Crippen LogP contribution < -0.4 is 10.1 Å². The molecule has 1 unspecified atom stereocenters. The van der Waals surface area contributed by atoms with Crippen LogP contribution in [0, 0.1) is 0 Å². The van der Waals surface area contributed by atoms with E-state index in [4.69, 9.17) is 14.2 Å². The van der Waals surface area contributed by atoms with Crippen LogP contribution in [0.3, 0.4) is 0 Å². The number of aryl methyl sites for hydroxylation is 1. The van der Waals surface area contributed by atoms with E-state index in [0.717, 1.165) is 30.8 Å². The van der Waals surface area contributed by atoms with E-state index >= 15 is 0 Å². The minimum atomic E-state index is -0.146. The Hall–Kier alpha value is -1.11. The van der Waals surface area contributed by atoms with E-state index < -0.39 is 0 Å². The van der Waals surface area contributed by atoms with Crippen molar-refractivity contribution >= 4 is 0 Å². The number of hydrogen-bond donors (Lipinski definition) is 1. The van der Waals surface area contributed by atoms with Crippen molar-refractivity contribution in [2.75, 3.05) is 27.4 Å². The first-order chi connectivity index (χ1) is 9.30. The maximum Gasteiger partial charge on any atom is 0.161 e. The number of nitrogens with zero attached hydrogens (tertiary/aromatic N) is 2. The van der Waals surface area contributed by atoms with Gasteiger partial charge in [0, 0.05) is 13.0 Å². The third kappa shape index (κ3) is 3.26. The van der Waals surface area contributed by atoms with E-state index in [1.165, 1.54) is 0 Å². The Balaban J connectivity index is 2.17. The van der Waals surface area contributed by atoms with Crippen LogP contribution in [0.25, 0.3) is 0 Å². The van der Waals surface area contributed by atoms with Crippen LogP contribution in [0.4, 0.5) is 0 Å². The van der Waals surface area contributed by atoms with Crippen molar-refractivity contribution in [2.24, 2.45) is 0 Å². The van der Waals surface area contributed by atoms with Crippen LogP contribution in [-0.4, -0.2) is 43.4 Å². The summed E-state index contributed by atoms with van der Waals surface area (Å²) in [5.41, 5.74) is 1.06. The summed E-state index contributed by atoms with van der Waals surface area (Å²) in [5.74, 6) is 0.811. The van der Waals surface area contributed by atoms with E-state index in [-0.39, 0.29) is 12.3 Å². The maximum absolute atomic E-state index is 5.52. The number of nitrogens with one attached hydrogen (secondary N) is 1. The summed E-state index contributed by atoms with van der Waals surface area (Å²) in [6.07, 6.45) is 3.41. The van der Waals surface area contributed by atoms with Crippen molar-refractivity contribution in [2.45, 2.75) is 38.6 Å². The number of hydrogen-bond acceptors (Lipinski definition) is 5. The fourth-order valence-corrected chi connectivity index (χ4v) is 2.38. The highest BCUT2D eigenvalue weighted by Gasteiger charge is 2.26. The Morgan fingerprint density at radius 2 is 2.26 bits per heavy atom. The second-order valence-electron chi connectivity index (χ2n) is 4.57.